The summed E-state index contributed by atoms with van der Waals surface area (Å²) in [6, 6.07) is 8.18. The Morgan fingerprint density at radius 3 is 3.00 bits per heavy atom. The van der Waals surface area contributed by atoms with Crippen LogP contribution in [0.3, 0.4) is 0 Å². The molecule has 0 radical (unpaired) electrons. The quantitative estimate of drug-likeness (QED) is 0.531. The first-order valence-electron chi connectivity index (χ1n) is 3.25. The van der Waals surface area contributed by atoms with Crippen molar-refractivity contribution in [2.24, 2.45) is 7.05 Å². The van der Waals surface area contributed by atoms with Gasteiger partial charge in [-0.2, -0.15) is 5.10 Å². The van der Waals surface area contributed by atoms with Crippen molar-refractivity contribution in [1.82, 2.24) is 9.78 Å². The monoisotopic (exact) mass is 132 g/mol. The average Bonchev–Trinajstić information content (AvgIpc) is 2.36. The van der Waals surface area contributed by atoms with Gasteiger partial charge in [-0.1, -0.05) is 12.1 Å². The van der Waals surface area contributed by atoms with Gasteiger partial charge in [-0.3, -0.25) is 4.68 Å². The van der Waals surface area contributed by atoms with E-state index in [0.29, 0.717) is 0 Å². The lowest BCUT2D eigenvalue weighted by Crippen LogP contribution is -1.98. The largest absolute Gasteiger partial charge is 0.268 e. The maximum Gasteiger partial charge on any atom is 0.0663 e. The van der Waals surface area contributed by atoms with Crippen molar-refractivity contribution >= 4 is 0 Å². The Morgan fingerprint density at radius 2 is 2.20 bits per heavy atom. The lowest BCUT2D eigenvalue weighted by atomic mass is 10.2. The zero-order chi connectivity index (χ0) is 6.97. The molecule has 1 aliphatic heterocycles. The fourth-order valence-corrected chi connectivity index (χ4v) is 1.14. The average molecular weight is 132 g/mol. The zero-order valence-electron chi connectivity index (χ0n) is 5.78. The Hall–Kier alpha value is -1.31. The topological polar surface area (TPSA) is 17.8 Å². The molecule has 0 aromatic heterocycles. The third kappa shape index (κ3) is 0.620. The lowest BCUT2D eigenvalue weighted by Gasteiger charge is -2.02. The van der Waals surface area contributed by atoms with Crippen LogP contribution in [0.2, 0.25) is 0 Å². The second-order valence-corrected chi connectivity index (χ2v) is 2.32. The van der Waals surface area contributed by atoms with E-state index >= 15 is 0 Å². The minimum Gasteiger partial charge on any atom is -0.268 e. The molecule has 0 aromatic carbocycles. The summed E-state index contributed by atoms with van der Waals surface area (Å²) in [6.07, 6.45) is 1.81. The number of hydrogen-bond acceptors (Lipinski definition) is 1. The summed E-state index contributed by atoms with van der Waals surface area (Å²) in [5.74, 6) is 0. The maximum atomic E-state index is 4.10. The van der Waals surface area contributed by atoms with Crippen molar-refractivity contribution in [1.29, 1.82) is 0 Å². The molecule has 0 N–H and O–H groups in total. The molecule has 2 heteroatoms. The van der Waals surface area contributed by atoms with E-state index in [1.54, 1.807) is 0 Å². The van der Waals surface area contributed by atoms with Crippen molar-refractivity contribution in [3.8, 4) is 11.3 Å². The lowest BCUT2D eigenvalue weighted by molar-refractivity contribution is 0.749. The Balaban J connectivity index is 2.80. The minimum absolute atomic E-state index is 1.18. The summed E-state index contributed by atoms with van der Waals surface area (Å²) < 4.78 is 1.87. The molecule has 0 amide bonds. The fraction of sp³-hybridized carbons (Fsp3) is 0.125. The van der Waals surface area contributed by atoms with Crippen molar-refractivity contribution in [3.63, 3.8) is 0 Å². The molecule has 2 nitrogen and oxygen atoms in total. The molecule has 1 heterocycles. The van der Waals surface area contributed by atoms with Gasteiger partial charge in [0, 0.05) is 18.8 Å². The van der Waals surface area contributed by atoms with Crippen LogP contribution in [0.25, 0.3) is 11.3 Å². The smallest absolute Gasteiger partial charge is 0.0663 e. The van der Waals surface area contributed by atoms with Crippen molar-refractivity contribution < 1.29 is 0 Å². The van der Waals surface area contributed by atoms with Crippen molar-refractivity contribution in [2.45, 2.75) is 0 Å². The summed E-state index contributed by atoms with van der Waals surface area (Å²) >= 11 is 0. The van der Waals surface area contributed by atoms with Crippen molar-refractivity contribution in [2.75, 3.05) is 0 Å². The predicted molar refractivity (Wildman–Crippen MR) is 39.8 cm³/mol. The Kier molecular flexibility index (Phi) is 1.01. The van der Waals surface area contributed by atoms with Gasteiger partial charge in [0.25, 0.3) is 0 Å². The van der Waals surface area contributed by atoms with Crippen molar-refractivity contribution in [3.05, 3.63) is 30.5 Å². The number of fused-ring (bicyclic) bond motifs is 1. The zero-order valence-corrected chi connectivity index (χ0v) is 5.78. The van der Waals surface area contributed by atoms with E-state index < -0.39 is 0 Å². The van der Waals surface area contributed by atoms with Gasteiger partial charge in [0.15, 0.2) is 0 Å². The summed E-state index contributed by atoms with van der Waals surface area (Å²) in [7, 11) is 1.95. The highest BCUT2D eigenvalue weighted by molar-refractivity contribution is 5.61. The molecule has 0 bridgehead atoms. The molecule has 0 unspecified atom stereocenters. The molecule has 0 fully saturated rings. The van der Waals surface area contributed by atoms with Crippen LogP contribution in [-0.2, 0) is 7.05 Å². The highest BCUT2D eigenvalue weighted by Gasteiger charge is 2.01. The first kappa shape index (κ1) is 5.47. The van der Waals surface area contributed by atoms with Crippen LogP contribution in [0.15, 0.2) is 30.5 Å². The molecule has 0 spiro atoms. The number of hydrogen-bond donors (Lipinski definition) is 0. The normalized spacial score (nSPS) is 10.5. The Labute approximate surface area is 59.4 Å². The summed E-state index contributed by atoms with van der Waals surface area (Å²) in [5.41, 5.74) is 2.43. The summed E-state index contributed by atoms with van der Waals surface area (Å²) in [4.78, 5) is 0. The third-order valence-corrected chi connectivity index (χ3v) is 1.67. The van der Waals surface area contributed by atoms with Crippen LogP contribution >= 0.6 is 0 Å². The molecule has 0 saturated heterocycles. The molecular formula is C8H8N2. The predicted octanol–water partition coefficient (Wildman–Crippen LogP) is 1.52. The van der Waals surface area contributed by atoms with Gasteiger partial charge in [-0.05, 0) is 12.1 Å². The van der Waals surface area contributed by atoms with Crippen LogP contribution in [0.1, 0.15) is 0 Å². The molecule has 2 aliphatic rings. The number of aryl methyl sites for hydroxylation is 1. The SMILES string of the molecule is Cn1nccc2cccc1-2. The van der Waals surface area contributed by atoms with E-state index in [1.807, 2.05) is 30.1 Å². The minimum atomic E-state index is 1.18. The number of aromatic nitrogens is 2. The van der Waals surface area contributed by atoms with Gasteiger partial charge in [0.1, 0.15) is 0 Å². The van der Waals surface area contributed by atoms with E-state index in [0.717, 1.165) is 0 Å². The standard InChI is InChI=1S/C8H8N2/c1-10-8-4-2-3-7(8)5-6-9-10/h2-6H,1H3. The van der Waals surface area contributed by atoms with E-state index in [9.17, 15) is 0 Å². The van der Waals surface area contributed by atoms with Gasteiger partial charge in [-0.15, -0.1) is 0 Å². The molecule has 0 saturated carbocycles. The Bertz CT molecular complexity index is 311. The van der Waals surface area contributed by atoms with E-state index in [1.165, 1.54) is 11.3 Å². The third-order valence-electron chi connectivity index (χ3n) is 1.67. The van der Waals surface area contributed by atoms with Gasteiger partial charge in [-0.25, -0.2) is 0 Å². The highest BCUT2D eigenvalue weighted by Crippen LogP contribution is 2.19. The Morgan fingerprint density at radius 1 is 1.30 bits per heavy atom. The van der Waals surface area contributed by atoms with E-state index in [2.05, 4.69) is 17.2 Å². The van der Waals surface area contributed by atoms with Crippen LogP contribution in [0.5, 0.6) is 0 Å². The number of rotatable bonds is 0. The van der Waals surface area contributed by atoms with Gasteiger partial charge >= 0.3 is 0 Å². The summed E-state index contributed by atoms with van der Waals surface area (Å²) in [6.45, 7) is 0. The molecule has 0 atom stereocenters. The van der Waals surface area contributed by atoms with Gasteiger partial charge in [0.05, 0.1) is 5.69 Å². The van der Waals surface area contributed by atoms with Crippen LogP contribution < -0.4 is 0 Å². The maximum absolute atomic E-state index is 4.10. The summed E-state index contributed by atoms with van der Waals surface area (Å²) in [5, 5.41) is 4.10. The van der Waals surface area contributed by atoms with Gasteiger partial charge < -0.3 is 0 Å². The second kappa shape index (κ2) is 1.84. The molecule has 0 aromatic rings. The van der Waals surface area contributed by atoms with Gasteiger partial charge in [0.2, 0.25) is 0 Å². The van der Waals surface area contributed by atoms with Crippen LogP contribution in [-0.4, -0.2) is 9.78 Å². The first-order chi connectivity index (χ1) is 4.88. The molecular weight excluding hydrogens is 124 g/mol. The van der Waals surface area contributed by atoms with E-state index in [4.69, 9.17) is 0 Å². The number of nitrogens with zero attached hydrogens (tertiary/aromatic N) is 2. The van der Waals surface area contributed by atoms with Crippen LogP contribution in [0.4, 0.5) is 0 Å². The molecule has 1 aliphatic carbocycles. The fourth-order valence-electron chi connectivity index (χ4n) is 1.14. The molecule has 2 rings (SSSR count). The van der Waals surface area contributed by atoms with E-state index in [-0.39, 0.29) is 0 Å². The first-order valence-corrected chi connectivity index (χ1v) is 3.25. The molecule has 50 valence electrons. The second-order valence-electron chi connectivity index (χ2n) is 2.32. The molecule has 10 heavy (non-hydrogen) atoms. The van der Waals surface area contributed by atoms with Crippen LogP contribution in [0, 0.1) is 0 Å². The highest BCUT2D eigenvalue weighted by atomic mass is 15.2.